The first-order valence-corrected chi connectivity index (χ1v) is 12.0. The van der Waals surface area contributed by atoms with Gasteiger partial charge in [-0.1, -0.05) is 11.6 Å². The van der Waals surface area contributed by atoms with Crippen LogP contribution in [0, 0.1) is 5.82 Å². The maximum Gasteiger partial charge on any atom is 0.257 e. The Hall–Kier alpha value is -2.24. The number of ether oxygens (including phenoxy) is 2. The lowest BCUT2D eigenvalue weighted by molar-refractivity contribution is 0.0730. The maximum atomic E-state index is 13.4. The number of morpholine rings is 2. The summed E-state index contributed by atoms with van der Waals surface area (Å²) in [5.41, 5.74) is 1.08. The van der Waals surface area contributed by atoms with E-state index in [1.165, 1.54) is 22.5 Å². The molecular weight excluding hydrogens is 461 g/mol. The molecule has 2 heterocycles. The minimum Gasteiger partial charge on any atom is -0.379 e. The molecular formula is C21H23ClFN3O5S. The SMILES string of the molecule is O=C(Nc1cc(S(=O)(=O)N2CCOCC2)ccc1N1CCOCC1)c1ccc(F)cc1Cl. The molecule has 32 heavy (non-hydrogen) atoms. The fraction of sp³-hybridized carbons (Fsp3) is 0.381. The lowest BCUT2D eigenvalue weighted by atomic mass is 10.1. The highest BCUT2D eigenvalue weighted by Gasteiger charge is 2.28. The van der Waals surface area contributed by atoms with Crippen LogP contribution in [0.4, 0.5) is 15.8 Å². The van der Waals surface area contributed by atoms with Crippen molar-refractivity contribution in [2.75, 3.05) is 62.8 Å². The van der Waals surface area contributed by atoms with Crippen LogP contribution < -0.4 is 10.2 Å². The molecule has 0 atom stereocenters. The van der Waals surface area contributed by atoms with E-state index in [9.17, 15) is 17.6 Å². The van der Waals surface area contributed by atoms with Crippen molar-refractivity contribution in [3.05, 3.63) is 52.8 Å². The van der Waals surface area contributed by atoms with Crippen LogP contribution in [-0.4, -0.2) is 71.2 Å². The van der Waals surface area contributed by atoms with Gasteiger partial charge in [-0.15, -0.1) is 0 Å². The van der Waals surface area contributed by atoms with Crippen molar-refractivity contribution in [1.82, 2.24) is 4.31 Å². The number of nitrogens with one attached hydrogen (secondary N) is 1. The molecule has 0 bridgehead atoms. The molecule has 8 nitrogen and oxygen atoms in total. The number of halogens is 2. The number of rotatable bonds is 5. The molecule has 2 aliphatic rings. The zero-order valence-electron chi connectivity index (χ0n) is 17.2. The van der Waals surface area contributed by atoms with Gasteiger partial charge in [-0.25, -0.2) is 12.8 Å². The van der Waals surface area contributed by atoms with Gasteiger partial charge in [0.15, 0.2) is 0 Å². The minimum atomic E-state index is -3.76. The Morgan fingerprint density at radius 1 is 0.969 bits per heavy atom. The van der Waals surface area contributed by atoms with E-state index in [4.69, 9.17) is 21.1 Å². The van der Waals surface area contributed by atoms with E-state index in [-0.39, 0.29) is 28.6 Å². The Balaban J connectivity index is 1.69. The molecule has 0 spiro atoms. The Morgan fingerprint density at radius 3 is 2.28 bits per heavy atom. The van der Waals surface area contributed by atoms with Crippen LogP contribution in [0.3, 0.4) is 0 Å². The van der Waals surface area contributed by atoms with E-state index in [0.29, 0.717) is 50.9 Å². The molecule has 2 saturated heterocycles. The number of amides is 1. The number of hydrogen-bond donors (Lipinski definition) is 1. The van der Waals surface area contributed by atoms with Crippen molar-refractivity contribution >= 4 is 38.9 Å². The summed E-state index contributed by atoms with van der Waals surface area (Å²) >= 11 is 6.04. The highest BCUT2D eigenvalue weighted by Crippen LogP contribution is 2.32. The summed E-state index contributed by atoms with van der Waals surface area (Å²) < 4.78 is 51.7. The standard InChI is InChI=1S/C21H23ClFN3O5S/c22-18-13-15(23)1-3-17(18)21(27)24-19-14-16(32(28,29)26-7-11-31-12-8-26)2-4-20(19)25-5-9-30-10-6-25/h1-4,13-14H,5-12H2,(H,24,27). The number of hydrogen-bond acceptors (Lipinski definition) is 6. The lowest BCUT2D eigenvalue weighted by Gasteiger charge is -2.31. The predicted octanol–water partition coefficient (Wildman–Crippen LogP) is 2.59. The quantitative estimate of drug-likeness (QED) is 0.703. The molecule has 4 rings (SSSR count). The summed E-state index contributed by atoms with van der Waals surface area (Å²) in [6.07, 6.45) is 0. The smallest absolute Gasteiger partial charge is 0.257 e. The summed E-state index contributed by atoms with van der Waals surface area (Å²) in [6.45, 7) is 3.41. The van der Waals surface area contributed by atoms with Crippen molar-refractivity contribution in [2.24, 2.45) is 0 Å². The predicted molar refractivity (Wildman–Crippen MR) is 118 cm³/mol. The first-order chi connectivity index (χ1) is 15.4. The van der Waals surface area contributed by atoms with Crippen LogP contribution in [0.15, 0.2) is 41.3 Å². The summed E-state index contributed by atoms with van der Waals surface area (Å²) in [5, 5.41) is 2.73. The van der Waals surface area contributed by atoms with Gasteiger partial charge in [0.25, 0.3) is 5.91 Å². The minimum absolute atomic E-state index is 0.0347. The third-order valence-electron chi connectivity index (χ3n) is 5.35. The lowest BCUT2D eigenvalue weighted by Crippen LogP contribution is -2.40. The molecule has 0 unspecified atom stereocenters. The van der Waals surface area contributed by atoms with E-state index in [0.717, 1.165) is 12.1 Å². The number of carbonyl (C=O) groups is 1. The molecule has 0 aliphatic carbocycles. The van der Waals surface area contributed by atoms with Gasteiger partial charge in [-0.2, -0.15) is 4.31 Å². The highest BCUT2D eigenvalue weighted by molar-refractivity contribution is 7.89. The van der Waals surface area contributed by atoms with Gasteiger partial charge >= 0.3 is 0 Å². The Bertz CT molecular complexity index is 1100. The maximum absolute atomic E-state index is 13.4. The molecule has 11 heteroatoms. The molecule has 1 amide bonds. The summed E-state index contributed by atoms with van der Waals surface area (Å²) in [6, 6.07) is 8.15. The van der Waals surface area contributed by atoms with Gasteiger partial charge in [0.2, 0.25) is 10.0 Å². The zero-order chi connectivity index (χ0) is 22.7. The van der Waals surface area contributed by atoms with E-state index in [1.54, 1.807) is 6.07 Å². The van der Waals surface area contributed by atoms with Gasteiger partial charge in [-0.05, 0) is 36.4 Å². The summed E-state index contributed by atoms with van der Waals surface area (Å²) in [7, 11) is -3.76. The zero-order valence-corrected chi connectivity index (χ0v) is 18.8. The molecule has 0 saturated carbocycles. The Kier molecular flexibility index (Phi) is 6.96. The van der Waals surface area contributed by atoms with Gasteiger partial charge in [0, 0.05) is 26.2 Å². The second-order valence-electron chi connectivity index (χ2n) is 7.37. The molecule has 172 valence electrons. The molecule has 2 fully saturated rings. The highest BCUT2D eigenvalue weighted by atomic mass is 35.5. The third-order valence-corrected chi connectivity index (χ3v) is 7.56. The molecule has 2 aromatic rings. The van der Waals surface area contributed by atoms with Crippen molar-refractivity contribution < 1.29 is 27.1 Å². The fourth-order valence-corrected chi connectivity index (χ4v) is 5.34. The molecule has 0 aromatic heterocycles. The number of nitrogens with zero attached hydrogens (tertiary/aromatic N) is 2. The van der Waals surface area contributed by atoms with E-state index < -0.39 is 21.7 Å². The van der Waals surface area contributed by atoms with Crippen molar-refractivity contribution in [1.29, 1.82) is 0 Å². The molecule has 1 N–H and O–H groups in total. The largest absolute Gasteiger partial charge is 0.379 e. The molecule has 2 aromatic carbocycles. The van der Waals surface area contributed by atoms with Crippen molar-refractivity contribution in [3.63, 3.8) is 0 Å². The normalized spacial score (nSPS) is 17.9. The van der Waals surface area contributed by atoms with E-state index in [2.05, 4.69) is 5.32 Å². The number of anilines is 2. The molecule has 2 aliphatic heterocycles. The average molecular weight is 484 g/mol. The second kappa shape index (κ2) is 9.72. The van der Waals surface area contributed by atoms with Gasteiger partial charge in [0.1, 0.15) is 5.82 Å². The number of benzene rings is 2. The van der Waals surface area contributed by atoms with Gasteiger partial charge in [-0.3, -0.25) is 4.79 Å². The number of sulfonamides is 1. The van der Waals surface area contributed by atoms with Crippen LogP contribution in [0.1, 0.15) is 10.4 Å². The molecule has 0 radical (unpaired) electrons. The summed E-state index contributed by atoms with van der Waals surface area (Å²) in [4.78, 5) is 15.0. The second-order valence-corrected chi connectivity index (χ2v) is 9.72. The van der Waals surface area contributed by atoms with Crippen LogP contribution in [0.2, 0.25) is 5.02 Å². The first kappa shape index (κ1) is 22.9. The van der Waals surface area contributed by atoms with Gasteiger partial charge in [0.05, 0.1) is 53.3 Å². The van der Waals surface area contributed by atoms with Crippen molar-refractivity contribution in [2.45, 2.75) is 4.90 Å². The van der Waals surface area contributed by atoms with Crippen LogP contribution >= 0.6 is 11.6 Å². The topological polar surface area (TPSA) is 88.2 Å². The van der Waals surface area contributed by atoms with E-state index in [1.807, 2.05) is 4.90 Å². The van der Waals surface area contributed by atoms with Crippen molar-refractivity contribution in [3.8, 4) is 0 Å². The Morgan fingerprint density at radius 2 is 1.62 bits per heavy atom. The summed E-state index contributed by atoms with van der Waals surface area (Å²) in [5.74, 6) is -1.12. The first-order valence-electron chi connectivity index (χ1n) is 10.2. The fourth-order valence-electron chi connectivity index (χ4n) is 3.66. The van der Waals surface area contributed by atoms with Gasteiger partial charge < -0.3 is 19.7 Å². The van der Waals surface area contributed by atoms with Crippen LogP contribution in [-0.2, 0) is 19.5 Å². The van der Waals surface area contributed by atoms with E-state index >= 15 is 0 Å². The van der Waals surface area contributed by atoms with Crippen LogP contribution in [0.25, 0.3) is 0 Å². The average Bonchev–Trinajstić information content (AvgIpc) is 2.80. The van der Waals surface area contributed by atoms with Crippen LogP contribution in [0.5, 0.6) is 0 Å². The monoisotopic (exact) mass is 483 g/mol. The Labute approximate surface area is 190 Å². The number of carbonyl (C=O) groups excluding carboxylic acids is 1. The third kappa shape index (κ3) is 4.89.